The highest BCUT2D eigenvalue weighted by Gasteiger charge is 2.22. The molecule has 2 rings (SSSR count). The summed E-state index contributed by atoms with van der Waals surface area (Å²) in [4.78, 5) is 0. The molecule has 1 saturated carbocycles. The van der Waals surface area contributed by atoms with Crippen LogP contribution in [0.3, 0.4) is 0 Å². The fourth-order valence-corrected chi connectivity index (χ4v) is 2.89. The molecule has 0 amide bonds. The third kappa shape index (κ3) is 3.82. The maximum Gasteiger partial charge on any atom is 0.00849 e. The monoisotopic (exact) mass is 246 g/mol. The van der Waals surface area contributed by atoms with Crippen LogP contribution in [-0.4, -0.2) is 18.1 Å². The molecule has 2 heteroatoms. The molecule has 0 radical (unpaired) electrons. The van der Waals surface area contributed by atoms with Gasteiger partial charge in [0.1, 0.15) is 0 Å². The summed E-state index contributed by atoms with van der Waals surface area (Å²) in [5.74, 6) is 0. The minimum Gasteiger partial charge on any atom is -0.328 e. The smallest absolute Gasteiger partial charge is 0.00849 e. The van der Waals surface area contributed by atoms with Gasteiger partial charge >= 0.3 is 0 Å². The van der Waals surface area contributed by atoms with E-state index in [1.807, 2.05) is 0 Å². The van der Waals surface area contributed by atoms with Gasteiger partial charge < -0.3 is 11.1 Å². The molecule has 0 aliphatic heterocycles. The average molecular weight is 246 g/mol. The summed E-state index contributed by atoms with van der Waals surface area (Å²) in [6.45, 7) is 4.47. The Morgan fingerprint density at radius 3 is 2.44 bits per heavy atom. The largest absolute Gasteiger partial charge is 0.328 e. The second-order valence-electron chi connectivity index (χ2n) is 5.71. The molecule has 3 N–H and O–H groups in total. The maximum atomic E-state index is 5.95. The molecule has 0 spiro atoms. The van der Waals surface area contributed by atoms with Crippen LogP contribution in [0.1, 0.15) is 44.2 Å². The molecule has 0 saturated heterocycles. The number of benzene rings is 1. The molecule has 18 heavy (non-hydrogen) atoms. The molecule has 3 atom stereocenters. The number of aryl methyl sites for hydroxylation is 1. The van der Waals surface area contributed by atoms with Gasteiger partial charge in [0.2, 0.25) is 0 Å². The summed E-state index contributed by atoms with van der Waals surface area (Å²) in [5, 5.41) is 3.71. The number of nitrogens with one attached hydrogen (secondary N) is 1. The van der Waals surface area contributed by atoms with Crippen molar-refractivity contribution < 1.29 is 0 Å². The lowest BCUT2D eigenvalue weighted by atomic mass is 10.0. The van der Waals surface area contributed by atoms with E-state index in [1.54, 1.807) is 0 Å². The Balaban J connectivity index is 1.80. The third-order valence-electron chi connectivity index (χ3n) is 3.97. The number of nitrogens with two attached hydrogens (primary N) is 1. The Kier molecular flexibility index (Phi) is 4.79. The van der Waals surface area contributed by atoms with Crippen LogP contribution in [-0.2, 0) is 12.8 Å². The van der Waals surface area contributed by atoms with E-state index in [1.165, 1.54) is 24.0 Å². The van der Waals surface area contributed by atoms with Gasteiger partial charge in [0, 0.05) is 18.1 Å². The van der Waals surface area contributed by atoms with Crippen molar-refractivity contribution in [1.82, 2.24) is 5.32 Å². The molecule has 1 aromatic rings. The number of hydrogen-bond donors (Lipinski definition) is 2. The summed E-state index contributed by atoms with van der Waals surface area (Å²) >= 11 is 0. The third-order valence-corrected chi connectivity index (χ3v) is 3.97. The van der Waals surface area contributed by atoms with Crippen LogP contribution in [0.2, 0.25) is 0 Å². The van der Waals surface area contributed by atoms with Crippen molar-refractivity contribution in [3.05, 3.63) is 35.4 Å². The maximum absolute atomic E-state index is 5.95. The molecule has 2 nitrogen and oxygen atoms in total. The van der Waals surface area contributed by atoms with Gasteiger partial charge in [-0.15, -0.1) is 0 Å². The average Bonchev–Trinajstić information content (AvgIpc) is 2.75. The summed E-state index contributed by atoms with van der Waals surface area (Å²) < 4.78 is 0. The van der Waals surface area contributed by atoms with Gasteiger partial charge in [-0.05, 0) is 50.2 Å². The lowest BCUT2D eigenvalue weighted by Gasteiger charge is -2.19. The topological polar surface area (TPSA) is 38.0 Å². The van der Waals surface area contributed by atoms with E-state index in [2.05, 4.69) is 43.4 Å². The molecule has 0 aromatic heterocycles. The van der Waals surface area contributed by atoms with Gasteiger partial charge in [0.25, 0.3) is 0 Å². The molecule has 1 unspecified atom stereocenters. The minimum absolute atomic E-state index is 0.415. The van der Waals surface area contributed by atoms with Crippen molar-refractivity contribution in [2.24, 2.45) is 5.73 Å². The minimum atomic E-state index is 0.415. The summed E-state index contributed by atoms with van der Waals surface area (Å²) in [7, 11) is 0. The zero-order valence-corrected chi connectivity index (χ0v) is 11.7. The highest BCUT2D eigenvalue weighted by molar-refractivity contribution is 5.23. The Bertz CT molecular complexity index is 358. The van der Waals surface area contributed by atoms with E-state index < -0.39 is 0 Å². The van der Waals surface area contributed by atoms with Gasteiger partial charge in [0.15, 0.2) is 0 Å². The first-order valence-corrected chi connectivity index (χ1v) is 7.26. The van der Waals surface area contributed by atoms with Crippen molar-refractivity contribution in [2.75, 3.05) is 0 Å². The number of rotatable bonds is 5. The molecule has 1 aromatic carbocycles. The predicted molar refractivity (Wildman–Crippen MR) is 77.7 cm³/mol. The Hall–Kier alpha value is -0.860. The zero-order valence-electron chi connectivity index (χ0n) is 11.7. The predicted octanol–water partition coefficient (Wildman–Crippen LogP) is 2.65. The van der Waals surface area contributed by atoms with Gasteiger partial charge in [-0.25, -0.2) is 0 Å². The first kappa shape index (κ1) is 13.6. The molecule has 0 heterocycles. The molecule has 0 bridgehead atoms. The quantitative estimate of drug-likeness (QED) is 0.838. The highest BCUT2D eigenvalue weighted by Crippen LogP contribution is 2.18. The summed E-state index contributed by atoms with van der Waals surface area (Å²) in [5.41, 5.74) is 8.79. The standard InChI is InChI=1S/C16H26N2/c1-3-13-4-6-14(7-5-13)10-12(2)18-16-9-8-15(17)11-16/h4-7,12,15-16,18H,3,8-11,17H2,1-2H3/t12?,15-,16+/m1/s1. The van der Waals surface area contributed by atoms with Gasteiger partial charge in [-0.3, -0.25) is 0 Å². The van der Waals surface area contributed by atoms with Crippen LogP contribution in [0.4, 0.5) is 0 Å². The SMILES string of the molecule is CCc1ccc(CC(C)N[C@H]2CC[C@@H](N)C2)cc1. The molecule has 100 valence electrons. The summed E-state index contributed by atoms with van der Waals surface area (Å²) in [6, 6.07) is 10.6. The van der Waals surface area contributed by atoms with Gasteiger partial charge in [-0.1, -0.05) is 31.2 Å². The Morgan fingerprint density at radius 1 is 1.22 bits per heavy atom. The lowest BCUT2D eigenvalue weighted by Crippen LogP contribution is -2.37. The van der Waals surface area contributed by atoms with Gasteiger partial charge in [0.05, 0.1) is 0 Å². The Labute approximate surface area is 111 Å². The van der Waals surface area contributed by atoms with Crippen LogP contribution in [0.15, 0.2) is 24.3 Å². The second kappa shape index (κ2) is 6.35. The number of hydrogen-bond acceptors (Lipinski definition) is 2. The van der Waals surface area contributed by atoms with E-state index in [0.717, 1.165) is 19.3 Å². The summed E-state index contributed by atoms with van der Waals surface area (Å²) in [6.07, 6.45) is 5.78. The van der Waals surface area contributed by atoms with Crippen molar-refractivity contribution in [3.63, 3.8) is 0 Å². The first-order chi connectivity index (χ1) is 8.67. The van der Waals surface area contributed by atoms with Crippen molar-refractivity contribution in [1.29, 1.82) is 0 Å². The fourth-order valence-electron chi connectivity index (χ4n) is 2.89. The second-order valence-corrected chi connectivity index (χ2v) is 5.71. The van der Waals surface area contributed by atoms with Crippen LogP contribution >= 0.6 is 0 Å². The van der Waals surface area contributed by atoms with Crippen molar-refractivity contribution in [3.8, 4) is 0 Å². The first-order valence-electron chi connectivity index (χ1n) is 7.26. The Morgan fingerprint density at radius 2 is 1.89 bits per heavy atom. The van der Waals surface area contributed by atoms with Gasteiger partial charge in [-0.2, -0.15) is 0 Å². The van der Waals surface area contributed by atoms with E-state index in [4.69, 9.17) is 5.73 Å². The molecule has 1 aliphatic rings. The van der Waals surface area contributed by atoms with E-state index in [-0.39, 0.29) is 0 Å². The molecular weight excluding hydrogens is 220 g/mol. The van der Waals surface area contributed by atoms with E-state index in [0.29, 0.717) is 18.1 Å². The fraction of sp³-hybridized carbons (Fsp3) is 0.625. The van der Waals surface area contributed by atoms with Crippen LogP contribution in [0, 0.1) is 0 Å². The zero-order chi connectivity index (χ0) is 13.0. The molecule has 1 aliphatic carbocycles. The molecular formula is C16H26N2. The van der Waals surface area contributed by atoms with Crippen molar-refractivity contribution in [2.45, 2.75) is 64.1 Å². The van der Waals surface area contributed by atoms with Crippen LogP contribution < -0.4 is 11.1 Å². The van der Waals surface area contributed by atoms with Crippen molar-refractivity contribution >= 4 is 0 Å². The van der Waals surface area contributed by atoms with Crippen LogP contribution in [0.5, 0.6) is 0 Å². The van der Waals surface area contributed by atoms with E-state index >= 15 is 0 Å². The lowest BCUT2D eigenvalue weighted by molar-refractivity contribution is 0.444. The van der Waals surface area contributed by atoms with Crippen LogP contribution in [0.25, 0.3) is 0 Å². The highest BCUT2D eigenvalue weighted by atomic mass is 15.0. The normalized spacial score (nSPS) is 25.3. The molecule has 1 fully saturated rings. The van der Waals surface area contributed by atoms with E-state index in [9.17, 15) is 0 Å².